The second-order valence-corrected chi connectivity index (χ2v) is 17.8. The molecule has 1 aliphatic heterocycles. The number of rotatable bonds is 8. The van der Waals surface area contributed by atoms with Gasteiger partial charge in [-0.3, -0.25) is 9.69 Å². The highest BCUT2D eigenvalue weighted by Crippen LogP contribution is 2.36. The predicted octanol–water partition coefficient (Wildman–Crippen LogP) is 6.77. The van der Waals surface area contributed by atoms with Gasteiger partial charge < -0.3 is 13.9 Å². The zero-order valence-electron chi connectivity index (χ0n) is 23.5. The van der Waals surface area contributed by atoms with Crippen LogP contribution in [0.4, 0.5) is 13.2 Å². The van der Waals surface area contributed by atoms with Crippen LogP contribution < -0.4 is 5.43 Å². The largest absolute Gasteiger partial charge is 0.416 e. The van der Waals surface area contributed by atoms with Gasteiger partial charge in [-0.05, 0) is 42.6 Å². The second-order valence-electron chi connectivity index (χ2n) is 12.2. The number of hydrogen-bond acceptors (Lipinski definition) is 4. The Morgan fingerprint density at radius 3 is 2.60 bits per heavy atom. The Labute approximate surface area is 233 Å². The molecule has 0 spiro atoms. The van der Waals surface area contributed by atoms with Crippen molar-refractivity contribution >= 4 is 30.0 Å². The van der Waals surface area contributed by atoms with Gasteiger partial charge in [0.1, 0.15) is 12.4 Å². The van der Waals surface area contributed by atoms with Gasteiger partial charge in [-0.2, -0.15) is 13.2 Å². The van der Waals surface area contributed by atoms with Crippen molar-refractivity contribution in [2.45, 2.75) is 64.5 Å². The first kappa shape index (κ1) is 28.6. The number of fused-ring (bicyclic) bond motifs is 3. The van der Waals surface area contributed by atoms with Crippen LogP contribution in [0.25, 0.3) is 21.9 Å². The molecule has 40 heavy (non-hydrogen) atoms. The maximum atomic E-state index is 13.7. The van der Waals surface area contributed by atoms with E-state index in [0.29, 0.717) is 31.8 Å². The molecule has 0 unspecified atom stereocenters. The molecular formula is C30H37F3N4O2Si. The Morgan fingerprint density at radius 2 is 1.85 bits per heavy atom. The average molecular weight is 571 g/mol. The molecule has 1 aliphatic rings. The molecule has 0 amide bonds. The molecule has 0 saturated carbocycles. The molecule has 4 heterocycles. The third-order valence-electron chi connectivity index (χ3n) is 7.97. The van der Waals surface area contributed by atoms with Crippen molar-refractivity contribution in [2.24, 2.45) is 5.92 Å². The highest BCUT2D eigenvalue weighted by atomic mass is 28.3. The molecule has 1 saturated heterocycles. The summed E-state index contributed by atoms with van der Waals surface area (Å²) in [7, 11) is -1.20. The van der Waals surface area contributed by atoms with Crippen molar-refractivity contribution in [3.63, 3.8) is 0 Å². The summed E-state index contributed by atoms with van der Waals surface area (Å²) in [4.78, 5) is 19.6. The van der Waals surface area contributed by atoms with Crippen molar-refractivity contribution in [1.82, 2.24) is 19.0 Å². The van der Waals surface area contributed by atoms with Crippen molar-refractivity contribution < 1.29 is 17.9 Å². The van der Waals surface area contributed by atoms with E-state index in [2.05, 4.69) is 41.0 Å². The van der Waals surface area contributed by atoms with Crippen LogP contribution >= 0.6 is 0 Å². The van der Waals surface area contributed by atoms with Crippen LogP contribution in [0.3, 0.4) is 0 Å². The smallest absolute Gasteiger partial charge is 0.361 e. The molecule has 214 valence electrons. The number of pyridine rings is 2. The minimum atomic E-state index is -4.39. The first-order chi connectivity index (χ1) is 18.9. The Morgan fingerprint density at radius 1 is 1.07 bits per heavy atom. The minimum absolute atomic E-state index is 0.0168. The highest BCUT2D eigenvalue weighted by Gasteiger charge is 2.35. The summed E-state index contributed by atoms with van der Waals surface area (Å²) in [6, 6.07) is 10.4. The fraction of sp³-hybridized carbons (Fsp3) is 0.467. The summed E-state index contributed by atoms with van der Waals surface area (Å²) >= 11 is 0. The molecule has 3 aromatic heterocycles. The van der Waals surface area contributed by atoms with Crippen molar-refractivity contribution in [3.05, 3.63) is 76.3 Å². The molecule has 0 bridgehead atoms. The van der Waals surface area contributed by atoms with Gasteiger partial charge in [0.05, 0.1) is 16.5 Å². The van der Waals surface area contributed by atoms with E-state index in [-0.39, 0.29) is 29.5 Å². The average Bonchev–Trinajstić information content (AvgIpc) is 3.31. The topological polar surface area (TPSA) is 52.3 Å². The van der Waals surface area contributed by atoms with Gasteiger partial charge in [0.2, 0.25) is 0 Å². The SMILES string of the molecule is C[C@@H]1CCN(Cc2ccccc2C(F)(F)F)C[C@@H]1n1ccc(=O)c2cnc3c(ccn3COCC[Si](C)(C)C)c21. The quantitative estimate of drug-likeness (QED) is 0.173. The van der Waals surface area contributed by atoms with Crippen LogP contribution in [0.5, 0.6) is 0 Å². The molecule has 6 nitrogen and oxygen atoms in total. The minimum Gasteiger partial charge on any atom is -0.361 e. The zero-order chi connectivity index (χ0) is 28.7. The molecular weight excluding hydrogens is 533 g/mol. The third kappa shape index (κ3) is 6.04. The van der Waals surface area contributed by atoms with Gasteiger partial charge in [0, 0.05) is 63.9 Å². The maximum Gasteiger partial charge on any atom is 0.416 e. The number of alkyl halides is 3. The zero-order valence-corrected chi connectivity index (χ0v) is 24.5. The molecule has 1 aromatic carbocycles. The molecule has 2 atom stereocenters. The van der Waals surface area contributed by atoms with E-state index in [4.69, 9.17) is 4.74 Å². The van der Waals surface area contributed by atoms with Gasteiger partial charge in [0.25, 0.3) is 0 Å². The fourth-order valence-corrected chi connectivity index (χ4v) is 6.37. The van der Waals surface area contributed by atoms with Crippen LogP contribution in [0.1, 0.15) is 30.5 Å². The van der Waals surface area contributed by atoms with E-state index in [1.807, 2.05) is 23.0 Å². The highest BCUT2D eigenvalue weighted by molar-refractivity contribution is 6.76. The van der Waals surface area contributed by atoms with E-state index in [0.717, 1.165) is 35.1 Å². The van der Waals surface area contributed by atoms with Gasteiger partial charge in [0.15, 0.2) is 5.43 Å². The maximum absolute atomic E-state index is 13.7. The van der Waals surface area contributed by atoms with Gasteiger partial charge in [-0.15, -0.1) is 0 Å². The first-order valence-electron chi connectivity index (χ1n) is 13.9. The molecule has 4 aromatic rings. The molecule has 1 fully saturated rings. The summed E-state index contributed by atoms with van der Waals surface area (Å²) in [6.45, 7) is 11.7. The number of hydrogen-bond donors (Lipinski definition) is 0. The molecule has 0 N–H and O–H groups in total. The van der Waals surface area contributed by atoms with Crippen molar-refractivity contribution in [3.8, 4) is 0 Å². The number of nitrogens with zero attached hydrogens (tertiary/aromatic N) is 4. The lowest BCUT2D eigenvalue weighted by Gasteiger charge is -2.39. The number of halogens is 3. The second kappa shape index (κ2) is 11.1. The van der Waals surface area contributed by atoms with E-state index in [1.54, 1.807) is 24.4 Å². The number of likely N-dealkylation sites (tertiary alicyclic amines) is 1. The first-order valence-corrected chi connectivity index (χ1v) is 17.6. The summed E-state index contributed by atoms with van der Waals surface area (Å²) in [5.74, 6) is 0.273. The van der Waals surface area contributed by atoms with Crippen molar-refractivity contribution in [2.75, 3.05) is 19.7 Å². The number of piperidine rings is 1. The summed E-state index contributed by atoms with van der Waals surface area (Å²) in [5.41, 5.74) is 1.16. The Bertz CT molecular complexity index is 1560. The number of ether oxygens (including phenoxy) is 1. The number of benzene rings is 1. The van der Waals surface area contributed by atoms with Crippen LogP contribution in [0, 0.1) is 5.92 Å². The summed E-state index contributed by atoms with van der Waals surface area (Å²) in [5, 5.41) is 1.41. The fourth-order valence-electron chi connectivity index (χ4n) is 5.61. The third-order valence-corrected chi connectivity index (χ3v) is 9.68. The van der Waals surface area contributed by atoms with Crippen LogP contribution in [-0.4, -0.2) is 46.8 Å². The Balaban J connectivity index is 1.46. The standard InChI is InChI=1S/C30H37F3N4O2Si/c1-21-9-12-35(18-22-7-5-6-8-25(22)30(31,32)33)19-26(21)37-14-11-27(38)24-17-34-29-23(28(24)37)10-13-36(29)20-39-15-16-40(2,3)4/h5-8,10-11,13-14,17,21,26H,9,12,15-16,18-20H2,1-4H3/t21-,26+/m1/s1. The predicted molar refractivity (Wildman–Crippen MR) is 155 cm³/mol. The van der Waals surface area contributed by atoms with Gasteiger partial charge >= 0.3 is 6.18 Å². The van der Waals surface area contributed by atoms with Gasteiger partial charge in [-0.25, -0.2) is 4.98 Å². The molecule has 10 heteroatoms. The molecule has 0 aliphatic carbocycles. The Kier molecular flexibility index (Phi) is 7.96. The van der Waals surface area contributed by atoms with E-state index in [9.17, 15) is 18.0 Å². The van der Waals surface area contributed by atoms with E-state index < -0.39 is 19.8 Å². The van der Waals surface area contributed by atoms with Crippen LogP contribution in [0.15, 0.2) is 59.8 Å². The lowest BCUT2D eigenvalue weighted by molar-refractivity contribution is -0.138. The lowest BCUT2D eigenvalue weighted by atomic mass is 9.92. The molecule has 5 rings (SSSR count). The van der Waals surface area contributed by atoms with E-state index in [1.165, 1.54) is 6.07 Å². The lowest BCUT2D eigenvalue weighted by Crippen LogP contribution is -2.41. The summed E-state index contributed by atoms with van der Waals surface area (Å²) < 4.78 is 51.0. The monoisotopic (exact) mass is 570 g/mol. The normalized spacial score (nSPS) is 19.1. The Hall–Kier alpha value is -2.95. The van der Waals surface area contributed by atoms with Gasteiger partial charge in [-0.1, -0.05) is 44.8 Å². The van der Waals surface area contributed by atoms with Crippen LogP contribution in [0.2, 0.25) is 25.7 Å². The summed E-state index contributed by atoms with van der Waals surface area (Å²) in [6.07, 6.45) is 1.86. The van der Waals surface area contributed by atoms with E-state index >= 15 is 0 Å². The van der Waals surface area contributed by atoms with Crippen molar-refractivity contribution in [1.29, 1.82) is 0 Å². The number of aromatic nitrogens is 3. The van der Waals surface area contributed by atoms with Crippen LogP contribution in [-0.2, 0) is 24.2 Å². The molecule has 0 radical (unpaired) electrons.